The number of hydrogen-bond donors (Lipinski definition) is 1. The van der Waals surface area contributed by atoms with Gasteiger partial charge in [-0.2, -0.15) is 0 Å². The summed E-state index contributed by atoms with van der Waals surface area (Å²) in [6, 6.07) is 9.69. The molecule has 0 spiro atoms. The number of aromatic nitrogens is 1. The number of amidine groups is 1. The predicted molar refractivity (Wildman–Crippen MR) is 107 cm³/mol. The summed E-state index contributed by atoms with van der Waals surface area (Å²) >= 11 is 0. The average molecular weight is 401 g/mol. The van der Waals surface area contributed by atoms with Crippen LogP contribution in [0.4, 0.5) is 0 Å². The number of carbonyl (C=O) groups is 1. The second-order valence-electron chi connectivity index (χ2n) is 6.96. The minimum absolute atomic E-state index is 0.0443. The van der Waals surface area contributed by atoms with E-state index in [1.54, 1.807) is 42.5 Å². The van der Waals surface area contributed by atoms with Crippen LogP contribution in [0, 0.1) is 5.92 Å². The summed E-state index contributed by atoms with van der Waals surface area (Å²) in [5, 5.41) is 0. The van der Waals surface area contributed by atoms with Gasteiger partial charge in [-0.3, -0.25) is 19.5 Å². The first kappa shape index (κ1) is 20.0. The van der Waals surface area contributed by atoms with E-state index < -0.39 is 16.1 Å². The van der Waals surface area contributed by atoms with Gasteiger partial charge in [-0.15, -0.1) is 0 Å². The SMILES string of the molecule is CC[C@H](C)[C@H](N=C1NS(=O)(=O)c2ccccc21)C(=O)N(C)Cc1ccncc1. The van der Waals surface area contributed by atoms with Crippen molar-refractivity contribution in [2.24, 2.45) is 10.9 Å². The zero-order chi connectivity index (χ0) is 20.3. The summed E-state index contributed by atoms with van der Waals surface area (Å²) in [7, 11) is -1.91. The largest absolute Gasteiger partial charge is 0.340 e. The van der Waals surface area contributed by atoms with Crippen LogP contribution >= 0.6 is 0 Å². The lowest BCUT2D eigenvalue weighted by molar-refractivity contribution is -0.132. The van der Waals surface area contributed by atoms with Gasteiger partial charge in [-0.05, 0) is 35.7 Å². The molecule has 0 bridgehead atoms. The number of hydrogen-bond acceptors (Lipinski definition) is 5. The Kier molecular flexibility index (Phi) is 5.79. The third-order valence-corrected chi connectivity index (χ3v) is 6.31. The monoisotopic (exact) mass is 400 g/mol. The maximum Gasteiger partial charge on any atom is 0.263 e. The van der Waals surface area contributed by atoms with Crippen LogP contribution in [0.3, 0.4) is 0 Å². The molecule has 1 N–H and O–H groups in total. The number of fused-ring (bicyclic) bond motifs is 1. The molecule has 2 atom stereocenters. The van der Waals surface area contributed by atoms with E-state index in [0.29, 0.717) is 12.1 Å². The van der Waals surface area contributed by atoms with Crippen molar-refractivity contribution in [2.75, 3.05) is 7.05 Å². The lowest BCUT2D eigenvalue weighted by Gasteiger charge is -2.25. The van der Waals surface area contributed by atoms with E-state index in [0.717, 1.165) is 12.0 Å². The second kappa shape index (κ2) is 8.10. The Morgan fingerprint density at radius 1 is 1.21 bits per heavy atom. The van der Waals surface area contributed by atoms with Crippen LogP contribution in [-0.2, 0) is 21.4 Å². The first-order valence-corrected chi connectivity index (χ1v) is 10.7. The third-order valence-electron chi connectivity index (χ3n) is 4.91. The fraction of sp³-hybridized carbons (Fsp3) is 0.350. The molecule has 0 fully saturated rings. The first-order chi connectivity index (χ1) is 13.3. The van der Waals surface area contributed by atoms with Gasteiger partial charge < -0.3 is 4.90 Å². The summed E-state index contributed by atoms with van der Waals surface area (Å²) < 4.78 is 27.2. The number of nitrogens with one attached hydrogen (secondary N) is 1. The highest BCUT2D eigenvalue weighted by atomic mass is 32.2. The van der Waals surface area contributed by atoms with E-state index in [9.17, 15) is 13.2 Å². The van der Waals surface area contributed by atoms with Crippen molar-refractivity contribution in [3.05, 3.63) is 59.9 Å². The molecule has 1 aliphatic rings. The average Bonchev–Trinajstić information content (AvgIpc) is 2.96. The molecule has 2 aromatic rings. The van der Waals surface area contributed by atoms with Crippen molar-refractivity contribution >= 4 is 21.8 Å². The quantitative estimate of drug-likeness (QED) is 0.805. The fourth-order valence-corrected chi connectivity index (χ4v) is 4.32. The van der Waals surface area contributed by atoms with Crippen LogP contribution in [-0.4, -0.2) is 43.1 Å². The normalized spacial score (nSPS) is 18.2. The fourth-order valence-electron chi connectivity index (χ4n) is 3.08. The number of aliphatic imine (C=N–C) groups is 1. The molecular formula is C20H24N4O3S. The molecule has 148 valence electrons. The van der Waals surface area contributed by atoms with Gasteiger partial charge in [0.15, 0.2) is 0 Å². The van der Waals surface area contributed by atoms with Gasteiger partial charge in [0.05, 0.1) is 4.90 Å². The molecule has 0 aliphatic carbocycles. The number of likely N-dealkylation sites (N-methyl/N-ethyl adjacent to an activating group) is 1. The van der Waals surface area contributed by atoms with Crippen LogP contribution in [0.2, 0.25) is 0 Å². The number of amides is 1. The number of rotatable bonds is 6. The van der Waals surface area contributed by atoms with E-state index in [-0.39, 0.29) is 22.6 Å². The molecule has 0 saturated carbocycles. The maximum atomic E-state index is 13.1. The van der Waals surface area contributed by atoms with Crippen LogP contribution in [0.1, 0.15) is 31.4 Å². The van der Waals surface area contributed by atoms with Gasteiger partial charge in [0.1, 0.15) is 11.9 Å². The summed E-state index contributed by atoms with van der Waals surface area (Å²) in [5.74, 6) is 0.0333. The maximum absolute atomic E-state index is 13.1. The van der Waals surface area contributed by atoms with E-state index >= 15 is 0 Å². The van der Waals surface area contributed by atoms with Crippen LogP contribution < -0.4 is 4.72 Å². The van der Waals surface area contributed by atoms with E-state index in [4.69, 9.17) is 0 Å². The summed E-state index contributed by atoms with van der Waals surface area (Å²) in [4.78, 5) is 23.5. The topological polar surface area (TPSA) is 91.7 Å². The zero-order valence-corrected chi connectivity index (χ0v) is 17.0. The number of benzene rings is 1. The summed E-state index contributed by atoms with van der Waals surface area (Å²) in [6.07, 6.45) is 4.11. The molecule has 8 heteroatoms. The van der Waals surface area contributed by atoms with E-state index in [1.807, 2.05) is 26.0 Å². The van der Waals surface area contributed by atoms with Gasteiger partial charge in [0.25, 0.3) is 10.0 Å². The smallest absolute Gasteiger partial charge is 0.263 e. The molecule has 0 unspecified atom stereocenters. The highest BCUT2D eigenvalue weighted by Crippen LogP contribution is 2.24. The lowest BCUT2D eigenvalue weighted by Crippen LogP contribution is -2.40. The highest BCUT2D eigenvalue weighted by molar-refractivity contribution is 7.90. The minimum Gasteiger partial charge on any atom is -0.340 e. The molecule has 2 heterocycles. The first-order valence-electron chi connectivity index (χ1n) is 9.17. The highest BCUT2D eigenvalue weighted by Gasteiger charge is 2.33. The van der Waals surface area contributed by atoms with Crippen LogP contribution in [0.15, 0.2) is 58.7 Å². The number of pyridine rings is 1. The summed E-state index contributed by atoms with van der Waals surface area (Å²) in [5.41, 5.74) is 1.47. The second-order valence-corrected chi connectivity index (χ2v) is 8.61. The van der Waals surface area contributed by atoms with Crippen molar-refractivity contribution in [3.8, 4) is 0 Å². The molecule has 3 rings (SSSR count). The predicted octanol–water partition coefficient (Wildman–Crippen LogP) is 2.19. The van der Waals surface area contributed by atoms with Crippen LogP contribution in [0.25, 0.3) is 0 Å². The Morgan fingerprint density at radius 2 is 1.89 bits per heavy atom. The molecule has 28 heavy (non-hydrogen) atoms. The number of carbonyl (C=O) groups excluding carboxylic acids is 1. The third kappa shape index (κ3) is 4.06. The van der Waals surface area contributed by atoms with Gasteiger partial charge in [0, 0.05) is 31.5 Å². The Balaban J connectivity index is 1.91. The Labute approximate surface area is 165 Å². The summed E-state index contributed by atoms with van der Waals surface area (Å²) in [6.45, 7) is 4.37. The lowest BCUT2D eigenvalue weighted by atomic mass is 9.98. The molecule has 1 aromatic carbocycles. The molecule has 0 saturated heterocycles. The minimum atomic E-state index is -3.64. The molecule has 7 nitrogen and oxygen atoms in total. The number of nitrogens with zero attached hydrogens (tertiary/aromatic N) is 3. The van der Waals surface area contributed by atoms with Crippen LogP contribution in [0.5, 0.6) is 0 Å². The molecule has 1 amide bonds. The molecule has 0 radical (unpaired) electrons. The van der Waals surface area contributed by atoms with Crippen molar-refractivity contribution in [3.63, 3.8) is 0 Å². The Hall–Kier alpha value is -2.74. The van der Waals surface area contributed by atoms with Gasteiger partial charge in [-0.1, -0.05) is 32.4 Å². The van der Waals surface area contributed by atoms with Gasteiger partial charge in [0.2, 0.25) is 5.91 Å². The van der Waals surface area contributed by atoms with Crippen molar-refractivity contribution in [1.82, 2.24) is 14.6 Å². The zero-order valence-electron chi connectivity index (χ0n) is 16.2. The molecule has 1 aromatic heterocycles. The van der Waals surface area contributed by atoms with Crippen molar-refractivity contribution in [1.29, 1.82) is 0 Å². The van der Waals surface area contributed by atoms with E-state index in [1.165, 1.54) is 6.07 Å². The number of sulfonamides is 1. The molecular weight excluding hydrogens is 376 g/mol. The van der Waals surface area contributed by atoms with Crippen molar-refractivity contribution < 1.29 is 13.2 Å². The Morgan fingerprint density at radius 3 is 2.57 bits per heavy atom. The van der Waals surface area contributed by atoms with Crippen molar-refractivity contribution in [2.45, 2.75) is 37.8 Å². The Bertz CT molecular complexity index is 990. The van der Waals surface area contributed by atoms with Gasteiger partial charge >= 0.3 is 0 Å². The standard InChI is InChI=1S/C20H24N4O3S/c1-4-14(2)18(20(25)24(3)13-15-9-11-21-12-10-15)22-19-16-7-5-6-8-17(16)28(26,27)23-19/h5-12,14,18H,4,13H2,1-3H3,(H,22,23)/t14-,18-/m0/s1. The van der Waals surface area contributed by atoms with E-state index in [2.05, 4.69) is 14.7 Å². The van der Waals surface area contributed by atoms with Gasteiger partial charge in [-0.25, -0.2) is 8.42 Å². The molecule has 1 aliphatic heterocycles.